The second kappa shape index (κ2) is 6.08. The van der Waals surface area contributed by atoms with Crippen molar-refractivity contribution in [1.82, 2.24) is 5.32 Å². The zero-order valence-corrected chi connectivity index (χ0v) is 9.41. The maximum Gasteiger partial charge on any atom is 0.0915 e. The van der Waals surface area contributed by atoms with E-state index in [9.17, 15) is 5.11 Å². The molecular formula is C11H16ClNO2. The van der Waals surface area contributed by atoms with Crippen LogP contribution < -0.4 is 5.32 Å². The third-order valence-corrected chi connectivity index (χ3v) is 2.40. The minimum atomic E-state index is -0.599. The van der Waals surface area contributed by atoms with E-state index in [1.807, 2.05) is 13.0 Å². The van der Waals surface area contributed by atoms with Gasteiger partial charge in [0, 0.05) is 17.6 Å². The molecule has 0 aliphatic heterocycles. The van der Waals surface area contributed by atoms with Gasteiger partial charge in [-0.2, -0.15) is 0 Å². The van der Waals surface area contributed by atoms with Crippen LogP contribution >= 0.6 is 11.6 Å². The van der Waals surface area contributed by atoms with Gasteiger partial charge < -0.3 is 15.5 Å². The standard InChI is InChI=1S/C11H16ClNO2/c1-8(7-14)13-6-11(15)9-3-2-4-10(12)5-9/h2-5,8,11,13-15H,6-7H2,1H3/t8-,11?/m0/s1. The van der Waals surface area contributed by atoms with Gasteiger partial charge in [-0.3, -0.25) is 0 Å². The first-order valence-corrected chi connectivity index (χ1v) is 5.29. The third-order valence-electron chi connectivity index (χ3n) is 2.17. The third kappa shape index (κ3) is 4.18. The average molecular weight is 230 g/mol. The highest BCUT2D eigenvalue weighted by molar-refractivity contribution is 6.30. The molecule has 1 unspecified atom stereocenters. The van der Waals surface area contributed by atoms with Crippen molar-refractivity contribution in [1.29, 1.82) is 0 Å². The predicted octanol–water partition coefficient (Wildman–Crippen LogP) is 1.34. The van der Waals surface area contributed by atoms with E-state index < -0.39 is 6.10 Å². The SMILES string of the molecule is C[C@@H](CO)NCC(O)c1cccc(Cl)c1. The Morgan fingerprint density at radius 1 is 1.47 bits per heavy atom. The molecule has 1 aromatic rings. The lowest BCUT2D eigenvalue weighted by Crippen LogP contribution is -2.32. The van der Waals surface area contributed by atoms with Crippen molar-refractivity contribution in [2.24, 2.45) is 0 Å². The first-order chi connectivity index (χ1) is 7.13. The highest BCUT2D eigenvalue weighted by Crippen LogP contribution is 2.16. The lowest BCUT2D eigenvalue weighted by Gasteiger charge is -2.15. The van der Waals surface area contributed by atoms with Gasteiger partial charge in [-0.15, -0.1) is 0 Å². The Balaban J connectivity index is 2.50. The van der Waals surface area contributed by atoms with E-state index in [2.05, 4.69) is 5.32 Å². The smallest absolute Gasteiger partial charge is 0.0915 e. The first-order valence-electron chi connectivity index (χ1n) is 4.91. The molecule has 0 saturated carbocycles. The predicted molar refractivity (Wildman–Crippen MR) is 61.0 cm³/mol. The normalized spacial score (nSPS) is 14.9. The van der Waals surface area contributed by atoms with Crippen molar-refractivity contribution < 1.29 is 10.2 Å². The molecule has 0 aliphatic rings. The maximum absolute atomic E-state index is 9.79. The van der Waals surface area contributed by atoms with Crippen LogP contribution in [-0.4, -0.2) is 29.4 Å². The van der Waals surface area contributed by atoms with E-state index in [1.165, 1.54) is 0 Å². The van der Waals surface area contributed by atoms with Crippen LogP contribution in [0.5, 0.6) is 0 Å². The van der Waals surface area contributed by atoms with Crippen LogP contribution in [0, 0.1) is 0 Å². The van der Waals surface area contributed by atoms with Crippen LogP contribution in [0.3, 0.4) is 0 Å². The molecule has 1 rings (SSSR count). The summed E-state index contributed by atoms with van der Waals surface area (Å²) in [6.45, 7) is 2.31. The van der Waals surface area contributed by atoms with Crippen molar-refractivity contribution in [3.63, 3.8) is 0 Å². The Labute approximate surface area is 94.7 Å². The summed E-state index contributed by atoms with van der Waals surface area (Å²) in [6, 6.07) is 7.11. The summed E-state index contributed by atoms with van der Waals surface area (Å²) in [5.74, 6) is 0. The van der Waals surface area contributed by atoms with Gasteiger partial charge in [0.05, 0.1) is 12.7 Å². The van der Waals surface area contributed by atoms with Gasteiger partial charge in [0.15, 0.2) is 0 Å². The lowest BCUT2D eigenvalue weighted by atomic mass is 10.1. The molecule has 0 aromatic heterocycles. The van der Waals surface area contributed by atoms with Crippen molar-refractivity contribution >= 4 is 11.6 Å². The molecule has 3 nitrogen and oxygen atoms in total. The molecule has 0 saturated heterocycles. The Bertz CT molecular complexity index is 306. The summed E-state index contributed by atoms with van der Waals surface area (Å²) in [7, 11) is 0. The fourth-order valence-corrected chi connectivity index (χ4v) is 1.41. The van der Waals surface area contributed by atoms with Gasteiger partial charge in [-0.25, -0.2) is 0 Å². The quantitative estimate of drug-likeness (QED) is 0.715. The molecule has 0 fully saturated rings. The van der Waals surface area contributed by atoms with Crippen molar-refractivity contribution in [3.8, 4) is 0 Å². The number of aliphatic hydroxyl groups is 2. The van der Waals surface area contributed by atoms with Gasteiger partial charge in [0.1, 0.15) is 0 Å². The van der Waals surface area contributed by atoms with E-state index in [1.54, 1.807) is 18.2 Å². The van der Waals surface area contributed by atoms with Crippen LogP contribution in [0.2, 0.25) is 5.02 Å². The minimum Gasteiger partial charge on any atom is -0.395 e. The van der Waals surface area contributed by atoms with E-state index in [4.69, 9.17) is 16.7 Å². The van der Waals surface area contributed by atoms with E-state index in [0.29, 0.717) is 11.6 Å². The van der Waals surface area contributed by atoms with Crippen molar-refractivity contribution in [3.05, 3.63) is 34.9 Å². The molecule has 15 heavy (non-hydrogen) atoms. The monoisotopic (exact) mass is 229 g/mol. The molecule has 3 N–H and O–H groups in total. The largest absolute Gasteiger partial charge is 0.395 e. The number of aliphatic hydroxyl groups excluding tert-OH is 2. The number of halogens is 1. The molecule has 4 heteroatoms. The van der Waals surface area contributed by atoms with Crippen LogP contribution in [0.25, 0.3) is 0 Å². The minimum absolute atomic E-state index is 0.0150. The Kier molecular flexibility index (Phi) is 5.05. The summed E-state index contributed by atoms with van der Waals surface area (Å²) in [5.41, 5.74) is 0.778. The molecule has 0 bridgehead atoms. The molecule has 84 valence electrons. The Hall–Kier alpha value is -0.610. The molecule has 0 heterocycles. The van der Waals surface area contributed by atoms with Crippen LogP contribution in [0.1, 0.15) is 18.6 Å². The average Bonchev–Trinajstić information content (AvgIpc) is 2.25. The van der Waals surface area contributed by atoms with Crippen molar-refractivity contribution in [2.45, 2.75) is 19.1 Å². The van der Waals surface area contributed by atoms with Gasteiger partial charge >= 0.3 is 0 Å². The fraction of sp³-hybridized carbons (Fsp3) is 0.455. The fourth-order valence-electron chi connectivity index (χ4n) is 1.21. The number of hydrogen-bond acceptors (Lipinski definition) is 3. The Morgan fingerprint density at radius 2 is 2.20 bits per heavy atom. The maximum atomic E-state index is 9.79. The van der Waals surface area contributed by atoms with Crippen LogP contribution in [0.15, 0.2) is 24.3 Å². The topological polar surface area (TPSA) is 52.5 Å². The summed E-state index contributed by atoms with van der Waals surface area (Å²) in [4.78, 5) is 0. The van der Waals surface area contributed by atoms with Gasteiger partial charge in [0.2, 0.25) is 0 Å². The van der Waals surface area contributed by atoms with Crippen molar-refractivity contribution in [2.75, 3.05) is 13.2 Å². The van der Waals surface area contributed by atoms with E-state index in [-0.39, 0.29) is 12.6 Å². The first kappa shape index (κ1) is 12.5. The summed E-state index contributed by atoms with van der Waals surface area (Å²) in [6.07, 6.45) is -0.599. The number of hydrogen-bond donors (Lipinski definition) is 3. The van der Waals surface area contributed by atoms with Crippen LogP contribution in [0.4, 0.5) is 0 Å². The molecule has 0 amide bonds. The molecular weight excluding hydrogens is 214 g/mol. The molecule has 0 aliphatic carbocycles. The number of nitrogens with one attached hydrogen (secondary N) is 1. The summed E-state index contributed by atoms with van der Waals surface area (Å²) >= 11 is 5.81. The zero-order chi connectivity index (χ0) is 11.3. The highest BCUT2D eigenvalue weighted by Gasteiger charge is 2.08. The van der Waals surface area contributed by atoms with Crippen LogP contribution in [-0.2, 0) is 0 Å². The number of rotatable bonds is 5. The molecule has 0 radical (unpaired) electrons. The lowest BCUT2D eigenvalue weighted by molar-refractivity contribution is 0.161. The second-order valence-electron chi connectivity index (χ2n) is 3.56. The Morgan fingerprint density at radius 3 is 2.80 bits per heavy atom. The highest BCUT2D eigenvalue weighted by atomic mass is 35.5. The molecule has 2 atom stereocenters. The summed E-state index contributed by atoms with van der Waals surface area (Å²) < 4.78 is 0. The van der Waals surface area contributed by atoms with Gasteiger partial charge in [-0.05, 0) is 24.6 Å². The molecule has 0 spiro atoms. The zero-order valence-electron chi connectivity index (χ0n) is 8.65. The second-order valence-corrected chi connectivity index (χ2v) is 4.00. The number of benzene rings is 1. The van der Waals surface area contributed by atoms with Gasteiger partial charge in [-0.1, -0.05) is 23.7 Å². The molecule has 1 aromatic carbocycles. The van der Waals surface area contributed by atoms with E-state index in [0.717, 1.165) is 5.56 Å². The van der Waals surface area contributed by atoms with E-state index >= 15 is 0 Å². The summed E-state index contributed by atoms with van der Waals surface area (Å²) in [5, 5.41) is 22.2. The van der Waals surface area contributed by atoms with Gasteiger partial charge in [0.25, 0.3) is 0 Å².